The van der Waals surface area contributed by atoms with Crippen molar-refractivity contribution in [3.63, 3.8) is 0 Å². The Morgan fingerprint density at radius 3 is 2.52 bits per heavy atom. The van der Waals surface area contributed by atoms with E-state index < -0.39 is 9.96 Å². The van der Waals surface area contributed by atoms with E-state index in [4.69, 9.17) is 51.8 Å². The average molecular weight is 501 g/mol. The number of thiocarbonyl (C=S) groups is 1. The van der Waals surface area contributed by atoms with E-state index in [0.29, 0.717) is 23.4 Å². The normalized spacial score (nSPS) is 14.5. The number of rotatable bonds is 7. The highest BCUT2D eigenvalue weighted by Crippen LogP contribution is 2.38. The van der Waals surface area contributed by atoms with Gasteiger partial charge in [0, 0.05) is 11.3 Å². The molecule has 1 aromatic rings. The van der Waals surface area contributed by atoms with Crippen LogP contribution >= 0.6 is 58.4 Å². The van der Waals surface area contributed by atoms with Gasteiger partial charge in [0.1, 0.15) is 11.2 Å². The predicted octanol–water partition coefficient (Wildman–Crippen LogP) is 4.70. The zero-order chi connectivity index (χ0) is 21.6. The lowest BCUT2D eigenvalue weighted by Gasteiger charge is -2.27. The Labute approximate surface area is 195 Å². The van der Waals surface area contributed by atoms with E-state index in [9.17, 15) is 9.59 Å². The summed E-state index contributed by atoms with van der Waals surface area (Å²) in [6, 6.07) is 0. The van der Waals surface area contributed by atoms with Crippen LogP contribution in [0.4, 0.5) is 5.00 Å². The fourth-order valence-electron chi connectivity index (χ4n) is 3.00. The van der Waals surface area contributed by atoms with Crippen LogP contribution in [0.1, 0.15) is 60.3 Å². The zero-order valence-corrected chi connectivity index (χ0v) is 20.1. The summed E-state index contributed by atoms with van der Waals surface area (Å²) in [5.41, 5.74) is 1.52. The highest BCUT2D eigenvalue weighted by atomic mass is 35.6. The fourth-order valence-corrected chi connectivity index (χ4v) is 4.90. The van der Waals surface area contributed by atoms with Gasteiger partial charge in [-0.1, -0.05) is 41.7 Å². The van der Waals surface area contributed by atoms with Gasteiger partial charge in [0.15, 0.2) is 5.11 Å². The smallest absolute Gasteiger partial charge is 0.341 e. The van der Waals surface area contributed by atoms with E-state index in [1.165, 1.54) is 11.3 Å². The molecule has 0 radical (unpaired) electrons. The van der Waals surface area contributed by atoms with Gasteiger partial charge < -0.3 is 20.7 Å². The fraction of sp³-hybridized carbons (Fsp3) is 0.611. The van der Waals surface area contributed by atoms with E-state index in [0.717, 1.165) is 36.1 Å². The topological polar surface area (TPSA) is 79.5 Å². The molecule has 1 aliphatic rings. The monoisotopic (exact) mass is 499 g/mol. The van der Waals surface area contributed by atoms with Crippen molar-refractivity contribution in [3.05, 3.63) is 16.0 Å². The van der Waals surface area contributed by atoms with Crippen LogP contribution in [0.3, 0.4) is 0 Å². The zero-order valence-electron chi connectivity index (χ0n) is 16.2. The molecule has 0 spiro atoms. The second kappa shape index (κ2) is 11.0. The first-order valence-electron chi connectivity index (χ1n) is 9.42. The Morgan fingerprint density at radius 2 is 1.90 bits per heavy atom. The molecule has 6 nitrogen and oxygen atoms in total. The van der Waals surface area contributed by atoms with Crippen LogP contribution in [-0.4, -0.2) is 33.6 Å². The summed E-state index contributed by atoms with van der Waals surface area (Å²) in [7, 11) is 0. The molecule has 0 saturated heterocycles. The number of fused-ring (bicyclic) bond motifs is 1. The molecular weight excluding hydrogens is 477 g/mol. The molecular formula is C18H24Cl3N3O3S2. The standard InChI is InChI=1S/C18H24Cl3N3O3S2/c1-3-7-12(25)22-16(18(19,20)21)24-17(28)23-14-13(15(26)27-4-2)10-8-5-6-9-11(10)29-14/h16H,3-9H2,1-2H3,(H,22,25)(H2,23,24,28). The number of amides is 1. The van der Waals surface area contributed by atoms with Gasteiger partial charge in [-0.2, -0.15) is 0 Å². The van der Waals surface area contributed by atoms with E-state index in [-0.39, 0.29) is 23.6 Å². The Bertz CT molecular complexity index is 766. The summed E-state index contributed by atoms with van der Waals surface area (Å²) in [5.74, 6) is -0.649. The molecule has 11 heteroatoms. The number of esters is 1. The molecule has 3 N–H and O–H groups in total. The molecule has 1 heterocycles. The van der Waals surface area contributed by atoms with Gasteiger partial charge in [0.25, 0.3) is 0 Å². The Hall–Kier alpha value is -0.800. The third-order valence-corrected chi connectivity index (χ3v) is 6.34. The Morgan fingerprint density at radius 1 is 1.21 bits per heavy atom. The highest BCUT2D eigenvalue weighted by Gasteiger charge is 2.35. The van der Waals surface area contributed by atoms with Gasteiger partial charge in [-0.05, 0) is 56.8 Å². The molecule has 0 saturated carbocycles. The first kappa shape index (κ1) is 24.5. The van der Waals surface area contributed by atoms with Crippen molar-refractivity contribution in [1.82, 2.24) is 10.6 Å². The minimum Gasteiger partial charge on any atom is -0.462 e. The highest BCUT2D eigenvalue weighted by molar-refractivity contribution is 7.80. The Balaban J connectivity index is 2.19. The molecule has 0 bridgehead atoms. The number of ether oxygens (including phenoxy) is 1. The lowest BCUT2D eigenvalue weighted by Crippen LogP contribution is -2.56. The number of halogens is 3. The lowest BCUT2D eigenvalue weighted by atomic mass is 9.95. The molecule has 1 unspecified atom stereocenters. The number of carbonyl (C=O) groups is 2. The van der Waals surface area contributed by atoms with Gasteiger partial charge in [-0.25, -0.2) is 4.79 Å². The maximum atomic E-state index is 12.5. The minimum atomic E-state index is -1.83. The van der Waals surface area contributed by atoms with E-state index in [2.05, 4.69) is 16.0 Å². The summed E-state index contributed by atoms with van der Waals surface area (Å²) in [4.78, 5) is 25.6. The number of alkyl halides is 3. The SMILES string of the molecule is CCCC(=O)NC(NC(=S)Nc1sc2c(c1C(=O)OCC)CCCC2)C(Cl)(Cl)Cl. The van der Waals surface area contributed by atoms with Crippen molar-refractivity contribution in [2.45, 2.75) is 62.3 Å². The molecule has 1 atom stereocenters. The molecule has 0 aromatic carbocycles. The number of thiophene rings is 1. The molecule has 1 aliphatic carbocycles. The summed E-state index contributed by atoms with van der Waals surface area (Å²) in [6.07, 6.45) is 3.76. The van der Waals surface area contributed by atoms with Gasteiger partial charge in [-0.15, -0.1) is 11.3 Å². The molecule has 1 amide bonds. The van der Waals surface area contributed by atoms with E-state index >= 15 is 0 Å². The quantitative estimate of drug-likeness (QED) is 0.218. The van der Waals surface area contributed by atoms with Crippen molar-refractivity contribution in [2.75, 3.05) is 11.9 Å². The maximum Gasteiger partial charge on any atom is 0.341 e. The second-order valence-electron chi connectivity index (χ2n) is 6.53. The van der Waals surface area contributed by atoms with Gasteiger partial charge >= 0.3 is 5.97 Å². The molecule has 2 rings (SSSR count). The number of hydrogen-bond acceptors (Lipinski definition) is 5. The van der Waals surface area contributed by atoms with Crippen LogP contribution in [0.25, 0.3) is 0 Å². The molecule has 29 heavy (non-hydrogen) atoms. The van der Waals surface area contributed by atoms with Gasteiger partial charge in [0.2, 0.25) is 9.70 Å². The first-order chi connectivity index (χ1) is 13.7. The van der Waals surface area contributed by atoms with Crippen LogP contribution in [-0.2, 0) is 22.4 Å². The number of anilines is 1. The van der Waals surface area contributed by atoms with Crippen LogP contribution in [0.5, 0.6) is 0 Å². The summed E-state index contributed by atoms with van der Waals surface area (Å²) in [5, 5.41) is 9.19. The summed E-state index contributed by atoms with van der Waals surface area (Å²) < 4.78 is 3.41. The van der Waals surface area contributed by atoms with Crippen molar-refractivity contribution < 1.29 is 14.3 Å². The van der Waals surface area contributed by atoms with Crippen molar-refractivity contribution in [2.24, 2.45) is 0 Å². The largest absolute Gasteiger partial charge is 0.462 e. The third kappa shape index (κ3) is 6.85. The number of hydrogen-bond donors (Lipinski definition) is 3. The van der Waals surface area contributed by atoms with Crippen LogP contribution in [0, 0.1) is 0 Å². The second-order valence-corrected chi connectivity index (χ2v) is 10.4. The first-order valence-corrected chi connectivity index (χ1v) is 11.8. The number of aryl methyl sites for hydroxylation is 1. The van der Waals surface area contributed by atoms with Crippen LogP contribution in [0.2, 0.25) is 0 Å². The number of nitrogens with one attached hydrogen (secondary N) is 3. The van der Waals surface area contributed by atoms with Crippen molar-refractivity contribution in [1.29, 1.82) is 0 Å². The van der Waals surface area contributed by atoms with E-state index in [1.807, 2.05) is 6.92 Å². The number of carbonyl (C=O) groups excluding carboxylic acids is 2. The molecule has 1 aromatic heterocycles. The summed E-state index contributed by atoms with van der Waals surface area (Å²) >= 11 is 24.8. The Kier molecular flexibility index (Phi) is 9.28. The van der Waals surface area contributed by atoms with Crippen molar-refractivity contribution in [3.8, 4) is 0 Å². The predicted molar refractivity (Wildman–Crippen MR) is 123 cm³/mol. The third-order valence-electron chi connectivity index (χ3n) is 4.26. The average Bonchev–Trinajstić information content (AvgIpc) is 2.98. The lowest BCUT2D eigenvalue weighted by molar-refractivity contribution is -0.121. The van der Waals surface area contributed by atoms with Crippen LogP contribution in [0.15, 0.2) is 0 Å². The molecule has 0 fully saturated rings. The van der Waals surface area contributed by atoms with Gasteiger partial charge in [0.05, 0.1) is 12.2 Å². The molecule has 0 aliphatic heterocycles. The molecule has 162 valence electrons. The minimum absolute atomic E-state index is 0.127. The van der Waals surface area contributed by atoms with Crippen LogP contribution < -0.4 is 16.0 Å². The van der Waals surface area contributed by atoms with E-state index in [1.54, 1.807) is 6.92 Å². The van der Waals surface area contributed by atoms with Gasteiger partial charge in [-0.3, -0.25) is 4.79 Å². The van der Waals surface area contributed by atoms with Crippen molar-refractivity contribution >= 4 is 80.3 Å². The maximum absolute atomic E-state index is 12.5. The summed E-state index contributed by atoms with van der Waals surface area (Å²) in [6.45, 7) is 3.92.